The maximum absolute atomic E-state index is 11.4. The summed E-state index contributed by atoms with van der Waals surface area (Å²) in [6, 6.07) is 9.30. The van der Waals surface area contributed by atoms with Gasteiger partial charge in [0, 0.05) is 3.57 Å². The highest BCUT2D eigenvalue weighted by Crippen LogP contribution is 2.18. The van der Waals surface area contributed by atoms with Crippen LogP contribution in [0, 0.1) is 10.5 Å². The summed E-state index contributed by atoms with van der Waals surface area (Å²) < 4.78 is 12.1. The van der Waals surface area contributed by atoms with Crippen LogP contribution in [0.5, 0.6) is 5.75 Å². The predicted octanol–water partition coefficient (Wildman–Crippen LogP) is 2.38. The molecule has 1 aromatic heterocycles. The number of hydrogen-bond acceptors (Lipinski definition) is 4. The van der Waals surface area contributed by atoms with E-state index in [1.807, 2.05) is 24.3 Å². The van der Waals surface area contributed by atoms with Crippen LogP contribution in [0.1, 0.15) is 21.9 Å². The van der Waals surface area contributed by atoms with Crippen LogP contribution in [0.15, 0.2) is 34.7 Å². The molecular formula is C13H13IN2O3. The Morgan fingerprint density at radius 2 is 2.11 bits per heavy atom. The predicted molar refractivity (Wildman–Crippen MR) is 78.6 cm³/mol. The van der Waals surface area contributed by atoms with E-state index in [9.17, 15) is 4.79 Å². The van der Waals surface area contributed by atoms with Gasteiger partial charge >= 0.3 is 0 Å². The number of amides is 1. The van der Waals surface area contributed by atoms with Crippen molar-refractivity contribution >= 4 is 28.5 Å². The van der Waals surface area contributed by atoms with Crippen LogP contribution in [-0.2, 0) is 6.61 Å². The molecule has 0 fully saturated rings. The zero-order chi connectivity index (χ0) is 13.8. The summed E-state index contributed by atoms with van der Waals surface area (Å²) in [6.45, 7) is 1.97. The molecular weight excluding hydrogens is 359 g/mol. The van der Waals surface area contributed by atoms with Gasteiger partial charge in [0.25, 0.3) is 5.91 Å². The van der Waals surface area contributed by atoms with E-state index in [-0.39, 0.29) is 12.5 Å². The normalized spacial score (nSPS) is 10.3. The summed E-state index contributed by atoms with van der Waals surface area (Å²) >= 11 is 2.23. The molecule has 0 bridgehead atoms. The van der Waals surface area contributed by atoms with E-state index in [4.69, 9.17) is 15.0 Å². The molecule has 0 unspecified atom stereocenters. The van der Waals surface area contributed by atoms with Crippen molar-refractivity contribution in [3.8, 4) is 5.75 Å². The Morgan fingerprint density at radius 3 is 2.74 bits per heavy atom. The van der Waals surface area contributed by atoms with E-state index >= 15 is 0 Å². The summed E-state index contributed by atoms with van der Waals surface area (Å²) in [5.41, 5.74) is 2.49. The first-order chi connectivity index (χ1) is 9.10. The highest BCUT2D eigenvalue weighted by atomic mass is 127. The average Bonchev–Trinajstić information content (AvgIpc) is 2.78. The first kappa shape index (κ1) is 13.9. The molecule has 2 aromatic rings. The molecule has 0 aliphatic heterocycles. The molecule has 0 atom stereocenters. The fraction of sp³-hybridized carbons (Fsp3) is 0.154. The lowest BCUT2D eigenvalue weighted by atomic mass is 10.2. The molecule has 6 heteroatoms. The molecule has 1 heterocycles. The smallest absolute Gasteiger partial charge is 0.268 e. The molecule has 19 heavy (non-hydrogen) atoms. The third-order valence-electron chi connectivity index (χ3n) is 2.54. The molecule has 1 amide bonds. The summed E-state index contributed by atoms with van der Waals surface area (Å²) in [6.07, 6.45) is 0. The average molecular weight is 372 g/mol. The summed E-state index contributed by atoms with van der Waals surface area (Å²) in [5, 5.41) is 0. The highest BCUT2D eigenvalue weighted by Gasteiger charge is 2.14. The van der Waals surface area contributed by atoms with Crippen molar-refractivity contribution in [3.63, 3.8) is 0 Å². The van der Waals surface area contributed by atoms with Gasteiger partial charge in [-0.2, -0.15) is 0 Å². The third-order valence-corrected chi connectivity index (χ3v) is 3.26. The van der Waals surface area contributed by atoms with E-state index in [0.29, 0.717) is 17.1 Å². The van der Waals surface area contributed by atoms with Gasteiger partial charge in [-0.05, 0) is 59.8 Å². The molecule has 0 saturated carbocycles. The zero-order valence-electron chi connectivity index (χ0n) is 10.3. The first-order valence-corrected chi connectivity index (χ1v) is 6.66. The van der Waals surface area contributed by atoms with E-state index in [0.717, 1.165) is 9.32 Å². The minimum atomic E-state index is -0.373. The highest BCUT2D eigenvalue weighted by molar-refractivity contribution is 14.1. The lowest BCUT2D eigenvalue weighted by Gasteiger charge is -2.03. The SMILES string of the molecule is Cc1oc(COc2ccc(I)cc2)cc1C(=O)NN. The topological polar surface area (TPSA) is 77.5 Å². The number of benzene rings is 1. The van der Waals surface area contributed by atoms with Gasteiger partial charge in [-0.1, -0.05) is 0 Å². The molecule has 2 rings (SSSR count). The molecule has 100 valence electrons. The molecule has 0 spiro atoms. The van der Waals surface area contributed by atoms with Gasteiger partial charge in [0.05, 0.1) is 5.56 Å². The van der Waals surface area contributed by atoms with Crippen molar-refractivity contribution in [1.82, 2.24) is 5.43 Å². The monoisotopic (exact) mass is 372 g/mol. The van der Waals surface area contributed by atoms with E-state index in [1.54, 1.807) is 13.0 Å². The van der Waals surface area contributed by atoms with Crippen molar-refractivity contribution in [2.75, 3.05) is 0 Å². The van der Waals surface area contributed by atoms with Crippen LogP contribution >= 0.6 is 22.6 Å². The van der Waals surface area contributed by atoms with Crippen molar-refractivity contribution in [3.05, 3.63) is 51.0 Å². The van der Waals surface area contributed by atoms with Crippen LogP contribution in [0.25, 0.3) is 0 Å². The number of furan rings is 1. The van der Waals surface area contributed by atoms with E-state index in [1.165, 1.54) is 0 Å². The Labute approximate surface area is 124 Å². The number of hydrazine groups is 1. The van der Waals surface area contributed by atoms with Crippen LogP contribution in [-0.4, -0.2) is 5.91 Å². The van der Waals surface area contributed by atoms with Gasteiger partial charge < -0.3 is 9.15 Å². The number of halogens is 1. The Bertz CT molecular complexity index is 578. The number of hydrogen-bond donors (Lipinski definition) is 2. The number of rotatable bonds is 4. The fourth-order valence-corrected chi connectivity index (χ4v) is 1.96. The van der Waals surface area contributed by atoms with Gasteiger partial charge in [-0.15, -0.1) is 0 Å². The lowest BCUT2D eigenvalue weighted by Crippen LogP contribution is -2.30. The molecule has 0 aliphatic carbocycles. The second-order valence-electron chi connectivity index (χ2n) is 3.90. The molecule has 0 radical (unpaired) electrons. The molecule has 1 aromatic carbocycles. The number of nitrogens with one attached hydrogen (secondary N) is 1. The van der Waals surface area contributed by atoms with E-state index in [2.05, 4.69) is 28.0 Å². The minimum absolute atomic E-state index is 0.263. The summed E-state index contributed by atoms with van der Waals surface area (Å²) in [5.74, 6) is 6.56. The van der Waals surface area contributed by atoms with Gasteiger partial charge in [-0.25, -0.2) is 5.84 Å². The number of ether oxygens (including phenoxy) is 1. The zero-order valence-corrected chi connectivity index (χ0v) is 12.4. The standard InChI is InChI=1S/C13H13IN2O3/c1-8-12(13(17)16-15)6-11(19-8)7-18-10-4-2-9(14)3-5-10/h2-6H,7,15H2,1H3,(H,16,17). The molecule has 5 nitrogen and oxygen atoms in total. The summed E-state index contributed by atoms with van der Waals surface area (Å²) in [4.78, 5) is 11.4. The van der Waals surface area contributed by atoms with Crippen molar-refractivity contribution in [1.29, 1.82) is 0 Å². The van der Waals surface area contributed by atoms with Gasteiger partial charge in [0.15, 0.2) is 0 Å². The van der Waals surface area contributed by atoms with Crippen LogP contribution in [0.2, 0.25) is 0 Å². The fourth-order valence-electron chi connectivity index (χ4n) is 1.60. The maximum Gasteiger partial charge on any atom is 0.268 e. The molecule has 3 N–H and O–H groups in total. The second kappa shape index (κ2) is 6.07. The lowest BCUT2D eigenvalue weighted by molar-refractivity contribution is 0.0952. The third kappa shape index (κ3) is 3.48. The minimum Gasteiger partial charge on any atom is -0.486 e. The summed E-state index contributed by atoms with van der Waals surface area (Å²) in [7, 11) is 0. The number of nitrogen functional groups attached to an aromatic ring is 1. The quantitative estimate of drug-likeness (QED) is 0.374. The first-order valence-electron chi connectivity index (χ1n) is 5.59. The number of nitrogens with two attached hydrogens (primary N) is 1. The Kier molecular flexibility index (Phi) is 4.43. The van der Waals surface area contributed by atoms with Crippen LogP contribution in [0.3, 0.4) is 0 Å². The van der Waals surface area contributed by atoms with Crippen molar-refractivity contribution < 1.29 is 13.9 Å². The van der Waals surface area contributed by atoms with Crippen LogP contribution < -0.4 is 16.0 Å². The van der Waals surface area contributed by atoms with Crippen molar-refractivity contribution in [2.45, 2.75) is 13.5 Å². The Balaban J connectivity index is 2.04. The van der Waals surface area contributed by atoms with Gasteiger partial charge in [-0.3, -0.25) is 10.2 Å². The molecule has 0 aliphatic rings. The largest absolute Gasteiger partial charge is 0.486 e. The Morgan fingerprint density at radius 1 is 1.42 bits per heavy atom. The van der Waals surface area contributed by atoms with Gasteiger partial charge in [0.2, 0.25) is 0 Å². The number of carbonyl (C=O) groups excluding carboxylic acids is 1. The second-order valence-corrected chi connectivity index (χ2v) is 5.14. The Hall–Kier alpha value is -1.54. The van der Waals surface area contributed by atoms with E-state index < -0.39 is 0 Å². The number of aryl methyl sites for hydroxylation is 1. The maximum atomic E-state index is 11.4. The van der Waals surface area contributed by atoms with Crippen LogP contribution in [0.4, 0.5) is 0 Å². The molecule has 0 saturated heterocycles. The number of carbonyl (C=O) groups is 1. The van der Waals surface area contributed by atoms with Gasteiger partial charge in [0.1, 0.15) is 23.9 Å². The van der Waals surface area contributed by atoms with Crippen molar-refractivity contribution in [2.24, 2.45) is 5.84 Å².